The Bertz CT molecular complexity index is 827. The molecule has 0 spiro atoms. The Labute approximate surface area is 150 Å². The van der Waals surface area contributed by atoms with Crippen LogP contribution in [0, 0.1) is 25.0 Å². The van der Waals surface area contributed by atoms with Gasteiger partial charge in [-0.3, -0.25) is 14.6 Å². The lowest BCUT2D eigenvalue weighted by atomic mass is 9.85. The largest absolute Gasteiger partial charge is 0.711 e. The average Bonchev–Trinajstić information content (AvgIpc) is 2.75. The number of nitrogens with zero attached hydrogens (tertiary/aromatic N) is 3. The predicted molar refractivity (Wildman–Crippen MR) is 89.7 cm³/mol. The van der Waals surface area contributed by atoms with Crippen LogP contribution in [0.1, 0.15) is 42.5 Å². The summed E-state index contributed by atoms with van der Waals surface area (Å²) in [7, 11) is 1.72. The highest BCUT2D eigenvalue weighted by Gasteiger charge is 2.51. The third-order valence-electron chi connectivity index (χ3n) is 4.74. The second kappa shape index (κ2) is 6.12. The monoisotopic (exact) mass is 359 g/mol. The van der Waals surface area contributed by atoms with Gasteiger partial charge in [0, 0.05) is 40.1 Å². The van der Waals surface area contributed by atoms with Crippen LogP contribution in [0.25, 0.3) is 0 Å². The van der Waals surface area contributed by atoms with Crippen LogP contribution < -0.4 is 4.73 Å². The Morgan fingerprint density at radius 2 is 1.88 bits per heavy atom. The Kier molecular flexibility index (Phi) is 4.21. The molecule has 0 aromatic carbocycles. The minimum Gasteiger partial charge on any atom is -0.711 e. The minimum atomic E-state index is -1.34. The van der Waals surface area contributed by atoms with E-state index in [1.54, 1.807) is 43.8 Å². The smallest absolute Gasteiger partial charge is 0.324 e. The second-order valence-corrected chi connectivity index (χ2v) is 6.87. The van der Waals surface area contributed by atoms with Gasteiger partial charge in [-0.15, -0.1) is 0 Å². The SMILES string of the molecule is Cc1c(C)[n+]([O-])c(C(c2cccnc2)C2C(=O)OC(C)(C)OC2=O)n1C. The van der Waals surface area contributed by atoms with Crippen molar-refractivity contribution in [2.45, 2.75) is 39.4 Å². The molecule has 1 saturated heterocycles. The number of ether oxygens (including phenoxy) is 2. The van der Waals surface area contributed by atoms with Gasteiger partial charge >= 0.3 is 11.9 Å². The van der Waals surface area contributed by atoms with Crippen molar-refractivity contribution in [2.75, 3.05) is 0 Å². The zero-order valence-electron chi connectivity index (χ0n) is 15.3. The molecule has 1 aliphatic rings. The molecule has 8 heteroatoms. The van der Waals surface area contributed by atoms with Crippen molar-refractivity contribution in [1.29, 1.82) is 0 Å². The summed E-state index contributed by atoms with van der Waals surface area (Å²) in [5.41, 5.74) is 1.78. The maximum atomic E-state index is 12.8. The first-order chi connectivity index (χ1) is 12.1. The summed E-state index contributed by atoms with van der Waals surface area (Å²) >= 11 is 0. The van der Waals surface area contributed by atoms with Gasteiger partial charge in [-0.25, -0.2) is 9.30 Å². The van der Waals surface area contributed by atoms with E-state index in [1.165, 1.54) is 20.0 Å². The third kappa shape index (κ3) is 2.81. The van der Waals surface area contributed by atoms with Gasteiger partial charge in [-0.1, -0.05) is 6.07 Å². The number of imidazole rings is 1. The summed E-state index contributed by atoms with van der Waals surface area (Å²) in [5.74, 6) is -4.70. The first-order valence-corrected chi connectivity index (χ1v) is 8.25. The summed E-state index contributed by atoms with van der Waals surface area (Å²) in [6, 6.07) is 3.40. The van der Waals surface area contributed by atoms with Crippen LogP contribution in [0.3, 0.4) is 0 Å². The van der Waals surface area contributed by atoms with Crippen molar-refractivity contribution in [3.05, 3.63) is 52.5 Å². The van der Waals surface area contributed by atoms with E-state index >= 15 is 0 Å². The second-order valence-electron chi connectivity index (χ2n) is 6.87. The molecule has 1 atom stereocenters. The Hall–Kier alpha value is -2.90. The number of cyclic esters (lactones) is 2. The maximum Gasteiger partial charge on any atom is 0.324 e. The van der Waals surface area contributed by atoms with E-state index in [0.29, 0.717) is 11.3 Å². The van der Waals surface area contributed by atoms with Crippen LogP contribution in [0.5, 0.6) is 0 Å². The molecule has 2 aromatic rings. The molecule has 1 unspecified atom stereocenters. The van der Waals surface area contributed by atoms with E-state index in [4.69, 9.17) is 9.47 Å². The lowest BCUT2D eigenvalue weighted by Crippen LogP contribution is -2.50. The number of aromatic nitrogens is 3. The van der Waals surface area contributed by atoms with Crippen molar-refractivity contribution in [2.24, 2.45) is 13.0 Å². The topological polar surface area (TPSA) is 97.4 Å². The van der Waals surface area contributed by atoms with Gasteiger partial charge in [0.15, 0.2) is 5.92 Å². The average molecular weight is 359 g/mol. The molecule has 0 saturated carbocycles. The fraction of sp³-hybridized carbons (Fsp3) is 0.444. The number of carbonyl (C=O) groups excluding carboxylic acids is 2. The molecule has 0 amide bonds. The van der Waals surface area contributed by atoms with Crippen LogP contribution in [-0.4, -0.2) is 27.3 Å². The van der Waals surface area contributed by atoms with Crippen LogP contribution >= 0.6 is 0 Å². The highest BCUT2D eigenvalue weighted by molar-refractivity contribution is 5.98. The van der Waals surface area contributed by atoms with Crippen molar-refractivity contribution >= 4 is 11.9 Å². The van der Waals surface area contributed by atoms with Gasteiger partial charge < -0.3 is 14.7 Å². The Morgan fingerprint density at radius 3 is 2.35 bits per heavy atom. The van der Waals surface area contributed by atoms with Crippen molar-refractivity contribution in [3.8, 4) is 0 Å². The van der Waals surface area contributed by atoms with E-state index in [1.807, 2.05) is 0 Å². The number of pyridine rings is 1. The zero-order valence-corrected chi connectivity index (χ0v) is 15.3. The quantitative estimate of drug-likeness (QED) is 0.354. The molecule has 0 radical (unpaired) electrons. The van der Waals surface area contributed by atoms with Gasteiger partial charge in [-0.05, 0) is 11.6 Å². The molecule has 0 aliphatic carbocycles. The molecule has 1 fully saturated rings. The molecule has 8 nitrogen and oxygen atoms in total. The highest BCUT2D eigenvalue weighted by atomic mass is 16.7. The summed E-state index contributed by atoms with van der Waals surface area (Å²) in [6.45, 7) is 6.46. The third-order valence-corrected chi connectivity index (χ3v) is 4.74. The highest BCUT2D eigenvalue weighted by Crippen LogP contribution is 2.37. The van der Waals surface area contributed by atoms with Gasteiger partial charge in [0.05, 0.1) is 7.05 Å². The lowest BCUT2D eigenvalue weighted by Gasteiger charge is -2.35. The number of esters is 2. The lowest BCUT2D eigenvalue weighted by molar-refractivity contribution is -0.621. The molecular weight excluding hydrogens is 338 g/mol. The summed E-state index contributed by atoms with van der Waals surface area (Å²) in [4.78, 5) is 29.4. The van der Waals surface area contributed by atoms with E-state index in [9.17, 15) is 14.8 Å². The standard InChI is InChI=1S/C18H21N3O5/c1-10-11(2)21(24)15(20(10)5)13(12-7-6-8-19-9-12)14-16(22)25-18(3,4)26-17(14)23/h6-9,13-14H,1-5H3. The van der Waals surface area contributed by atoms with Crippen molar-refractivity contribution in [3.63, 3.8) is 0 Å². The van der Waals surface area contributed by atoms with Gasteiger partial charge in [0.1, 0.15) is 17.3 Å². The maximum absolute atomic E-state index is 12.8. The number of hydrogen-bond acceptors (Lipinski definition) is 6. The first-order valence-electron chi connectivity index (χ1n) is 8.25. The molecule has 0 N–H and O–H groups in total. The van der Waals surface area contributed by atoms with E-state index in [0.717, 1.165) is 10.4 Å². The van der Waals surface area contributed by atoms with Crippen LogP contribution in [0.2, 0.25) is 0 Å². The number of rotatable bonds is 3. The summed E-state index contributed by atoms with van der Waals surface area (Å²) < 4.78 is 13.0. The molecule has 26 heavy (non-hydrogen) atoms. The first kappa shape index (κ1) is 17.9. The van der Waals surface area contributed by atoms with E-state index < -0.39 is 29.6 Å². The molecular formula is C18H21N3O5. The van der Waals surface area contributed by atoms with Crippen LogP contribution in [0.4, 0.5) is 0 Å². The van der Waals surface area contributed by atoms with E-state index in [2.05, 4.69) is 4.98 Å². The van der Waals surface area contributed by atoms with Crippen LogP contribution in [-0.2, 0) is 26.1 Å². The summed E-state index contributed by atoms with van der Waals surface area (Å²) in [5, 5.41) is 12.8. The minimum absolute atomic E-state index is 0.256. The Morgan fingerprint density at radius 1 is 1.27 bits per heavy atom. The number of carbonyl (C=O) groups is 2. The van der Waals surface area contributed by atoms with Gasteiger partial charge in [0.25, 0.3) is 11.6 Å². The molecule has 138 valence electrons. The molecule has 3 heterocycles. The van der Waals surface area contributed by atoms with Gasteiger partial charge in [0.2, 0.25) is 0 Å². The Balaban J connectivity index is 2.20. The summed E-state index contributed by atoms with van der Waals surface area (Å²) in [6.07, 6.45) is 3.11. The van der Waals surface area contributed by atoms with Gasteiger partial charge in [-0.2, -0.15) is 0 Å². The molecule has 2 aromatic heterocycles. The predicted octanol–water partition coefficient (Wildman–Crippen LogP) is 1.25. The van der Waals surface area contributed by atoms with E-state index in [-0.39, 0.29) is 5.82 Å². The number of hydrogen-bond donors (Lipinski definition) is 0. The fourth-order valence-electron chi connectivity index (χ4n) is 3.26. The molecule has 0 bridgehead atoms. The van der Waals surface area contributed by atoms with Crippen LogP contribution in [0.15, 0.2) is 24.5 Å². The molecule has 3 rings (SSSR count). The van der Waals surface area contributed by atoms with Crippen molar-refractivity contribution in [1.82, 2.24) is 9.55 Å². The van der Waals surface area contributed by atoms with Crippen molar-refractivity contribution < 1.29 is 23.8 Å². The molecule has 1 aliphatic heterocycles. The normalized spacial score (nSPS) is 18.3. The fourth-order valence-corrected chi connectivity index (χ4v) is 3.26. The zero-order chi connectivity index (χ0) is 19.2.